The van der Waals surface area contributed by atoms with Crippen molar-refractivity contribution in [3.05, 3.63) is 45.5 Å². The summed E-state index contributed by atoms with van der Waals surface area (Å²) in [6.07, 6.45) is -4.58. The Morgan fingerprint density at radius 2 is 1.89 bits per heavy atom. The number of aromatic nitrogens is 3. The number of hydrogen-bond donors (Lipinski definition) is 2. The van der Waals surface area contributed by atoms with E-state index in [1.807, 2.05) is 0 Å². The van der Waals surface area contributed by atoms with Crippen molar-refractivity contribution in [2.45, 2.75) is 77.3 Å². The molecule has 10 nitrogen and oxygen atoms in total. The number of ether oxygens (including phenoxy) is 2. The van der Waals surface area contributed by atoms with E-state index in [2.05, 4.69) is 61.2 Å². The quantitative estimate of drug-likeness (QED) is 0.133. The van der Waals surface area contributed by atoms with Gasteiger partial charge in [0.25, 0.3) is 8.32 Å². The number of anilines is 1. The van der Waals surface area contributed by atoms with Gasteiger partial charge in [0.2, 0.25) is 5.89 Å². The number of nitrogens with one attached hydrogen (secondary N) is 1. The zero-order valence-corrected chi connectivity index (χ0v) is 29.0. The first kappa shape index (κ1) is 35.7. The van der Waals surface area contributed by atoms with E-state index in [1.165, 1.54) is 26.0 Å². The topological polar surface area (TPSA) is 135 Å². The molecule has 0 saturated carbocycles. The lowest BCUT2D eigenvalue weighted by Crippen LogP contribution is -2.48. The molecule has 3 N–H and O–H groups in total. The molecule has 3 aromatic rings. The van der Waals surface area contributed by atoms with Gasteiger partial charge in [0.05, 0.1) is 26.3 Å². The first-order valence-electron chi connectivity index (χ1n) is 13.8. The number of thiazole rings is 1. The largest absolute Gasteiger partial charge is 0.543 e. The lowest BCUT2D eigenvalue weighted by atomic mass is 9.99. The summed E-state index contributed by atoms with van der Waals surface area (Å²) in [5, 5.41) is 7.66. The van der Waals surface area contributed by atoms with Gasteiger partial charge in [-0.1, -0.05) is 32.9 Å². The number of alkyl halides is 3. The second kappa shape index (κ2) is 14.1. The average Bonchev–Trinajstić information content (AvgIpc) is 3.63. The number of thioether (sulfide) groups is 1. The van der Waals surface area contributed by atoms with Gasteiger partial charge in [-0.25, -0.2) is 9.78 Å². The number of nitrogens with two attached hydrogens (primary N) is 1. The Kier molecular flexibility index (Phi) is 11.4. The average molecular weight is 676 g/mol. The van der Waals surface area contributed by atoms with Crippen LogP contribution in [-0.2, 0) is 23.2 Å². The molecule has 0 aliphatic heterocycles. The van der Waals surface area contributed by atoms with Crippen LogP contribution in [0.1, 0.15) is 72.6 Å². The van der Waals surface area contributed by atoms with Gasteiger partial charge < -0.3 is 29.5 Å². The SMILES string of the molecule is COC(=O)c1c(C)c(OC)cc(O[Si](C)(C)C(C)(C)C(C)C)c1CSC[C@H](Nc1nc(C(F)(F)F)cs1)c1nc(CN)no1. The molecule has 1 atom stereocenters. The van der Waals surface area contributed by atoms with Crippen molar-refractivity contribution in [3.8, 4) is 11.5 Å². The summed E-state index contributed by atoms with van der Waals surface area (Å²) in [5.74, 6) is 1.75. The highest BCUT2D eigenvalue weighted by atomic mass is 32.2. The molecular weight excluding hydrogens is 636 g/mol. The third-order valence-electron chi connectivity index (χ3n) is 8.16. The van der Waals surface area contributed by atoms with Crippen LogP contribution in [-0.4, -0.2) is 49.4 Å². The van der Waals surface area contributed by atoms with Crippen LogP contribution < -0.4 is 20.2 Å². The van der Waals surface area contributed by atoms with E-state index in [-0.39, 0.29) is 34.2 Å². The second-order valence-electron chi connectivity index (χ2n) is 11.5. The Hall–Kier alpha value is -2.82. The number of carbonyl (C=O) groups excluding carboxylic acids is 1. The Balaban J connectivity index is 2.00. The second-order valence-corrected chi connectivity index (χ2v) is 17.9. The predicted molar refractivity (Wildman–Crippen MR) is 168 cm³/mol. The van der Waals surface area contributed by atoms with E-state index in [0.29, 0.717) is 39.9 Å². The minimum absolute atomic E-state index is 0.0273. The summed E-state index contributed by atoms with van der Waals surface area (Å²) >= 11 is 2.21. The van der Waals surface area contributed by atoms with Gasteiger partial charge in [-0.2, -0.15) is 29.9 Å². The highest BCUT2D eigenvalue weighted by Crippen LogP contribution is 2.47. The molecule has 0 aliphatic carbocycles. The number of hydrogen-bond acceptors (Lipinski definition) is 12. The molecule has 0 amide bonds. The predicted octanol–water partition coefficient (Wildman–Crippen LogP) is 7.21. The summed E-state index contributed by atoms with van der Waals surface area (Å²) in [6.45, 7) is 14.8. The molecule has 16 heteroatoms. The monoisotopic (exact) mass is 675 g/mol. The van der Waals surface area contributed by atoms with E-state index in [1.54, 1.807) is 13.0 Å². The van der Waals surface area contributed by atoms with E-state index in [0.717, 1.165) is 16.7 Å². The molecule has 0 fully saturated rings. The molecule has 0 spiro atoms. The summed E-state index contributed by atoms with van der Waals surface area (Å²) in [5.41, 5.74) is 6.21. The standard InChI is InChI=1S/C28H40F3N5O5S2Si/c1-15(2)27(4,5)44(8,9)41-20-10-19(38-6)16(3)23(25(37)39-7)17(20)12-42-13-18(24-35-22(11-32)36-40-24)33-26-34-21(14-43-26)28(29,30)31/h10,14-15,18H,11-13,32H2,1-9H3,(H,33,34)/t18-/m0/s1. The molecule has 1 aromatic carbocycles. The maximum Gasteiger partial charge on any atom is 0.434 e. The zero-order chi connectivity index (χ0) is 33.0. The third-order valence-corrected chi connectivity index (χ3v) is 14.4. The zero-order valence-electron chi connectivity index (χ0n) is 26.3. The Bertz CT molecular complexity index is 1450. The fourth-order valence-corrected chi connectivity index (χ4v) is 8.50. The minimum Gasteiger partial charge on any atom is -0.543 e. The summed E-state index contributed by atoms with van der Waals surface area (Å²) in [7, 11) is 0.402. The maximum atomic E-state index is 13.2. The van der Waals surface area contributed by atoms with E-state index in [9.17, 15) is 18.0 Å². The molecule has 0 aliphatic rings. The van der Waals surface area contributed by atoms with Gasteiger partial charge in [-0.15, -0.1) is 11.3 Å². The van der Waals surface area contributed by atoms with Crippen LogP contribution in [0.4, 0.5) is 18.3 Å². The lowest BCUT2D eigenvalue weighted by molar-refractivity contribution is -0.140. The Morgan fingerprint density at radius 3 is 2.41 bits per heavy atom. The summed E-state index contributed by atoms with van der Waals surface area (Å²) < 4.78 is 62.6. The highest BCUT2D eigenvalue weighted by Gasteiger charge is 2.45. The number of benzene rings is 1. The number of methoxy groups -OCH3 is 2. The Labute approximate surface area is 264 Å². The van der Waals surface area contributed by atoms with Crippen molar-refractivity contribution >= 4 is 42.5 Å². The fourth-order valence-electron chi connectivity index (χ4n) is 4.28. The molecule has 44 heavy (non-hydrogen) atoms. The van der Waals surface area contributed by atoms with Crippen LogP contribution in [0, 0.1) is 12.8 Å². The Morgan fingerprint density at radius 1 is 1.20 bits per heavy atom. The highest BCUT2D eigenvalue weighted by molar-refractivity contribution is 7.98. The number of rotatable bonds is 14. The minimum atomic E-state index is -4.58. The van der Waals surface area contributed by atoms with Crippen LogP contribution in [0.15, 0.2) is 16.0 Å². The van der Waals surface area contributed by atoms with Crippen molar-refractivity contribution in [1.82, 2.24) is 15.1 Å². The van der Waals surface area contributed by atoms with Gasteiger partial charge in [0, 0.05) is 34.1 Å². The van der Waals surface area contributed by atoms with Crippen molar-refractivity contribution < 1.29 is 36.4 Å². The number of esters is 1. The molecule has 0 saturated heterocycles. The first-order chi connectivity index (χ1) is 20.5. The molecule has 244 valence electrons. The van der Waals surface area contributed by atoms with Crippen LogP contribution in [0.5, 0.6) is 11.5 Å². The molecule has 0 radical (unpaired) electrons. The van der Waals surface area contributed by atoms with Gasteiger partial charge >= 0.3 is 12.1 Å². The number of carbonyl (C=O) groups is 1. The van der Waals surface area contributed by atoms with E-state index in [4.69, 9.17) is 24.2 Å². The van der Waals surface area contributed by atoms with Gasteiger partial charge in [-0.05, 0) is 31.0 Å². The lowest BCUT2D eigenvalue weighted by Gasteiger charge is -2.43. The van der Waals surface area contributed by atoms with Crippen molar-refractivity contribution in [2.24, 2.45) is 11.7 Å². The molecule has 3 rings (SSSR count). The number of halogens is 3. The van der Waals surface area contributed by atoms with Gasteiger partial charge in [0.15, 0.2) is 16.6 Å². The summed E-state index contributed by atoms with van der Waals surface area (Å²) in [6, 6.07) is 1.09. The molecule has 0 bridgehead atoms. The van der Waals surface area contributed by atoms with Crippen LogP contribution in [0.2, 0.25) is 18.1 Å². The van der Waals surface area contributed by atoms with Crippen molar-refractivity contribution in [2.75, 3.05) is 25.3 Å². The first-order valence-corrected chi connectivity index (χ1v) is 18.8. The maximum absolute atomic E-state index is 13.2. The van der Waals surface area contributed by atoms with Crippen LogP contribution in [0.25, 0.3) is 0 Å². The van der Waals surface area contributed by atoms with E-state index < -0.39 is 32.2 Å². The van der Waals surface area contributed by atoms with Gasteiger partial charge in [-0.3, -0.25) is 0 Å². The normalized spacial score (nSPS) is 13.2. The van der Waals surface area contributed by atoms with Crippen LogP contribution >= 0.6 is 23.1 Å². The molecular formula is C28H40F3N5O5S2Si. The molecule has 0 unspecified atom stereocenters. The summed E-state index contributed by atoms with van der Waals surface area (Å²) in [4.78, 5) is 21.1. The van der Waals surface area contributed by atoms with Crippen molar-refractivity contribution in [1.29, 1.82) is 0 Å². The molecule has 2 heterocycles. The third kappa shape index (κ3) is 7.87. The smallest absolute Gasteiger partial charge is 0.434 e. The van der Waals surface area contributed by atoms with Crippen LogP contribution in [0.3, 0.4) is 0 Å². The fraction of sp³-hybridized carbons (Fsp3) is 0.571. The van der Waals surface area contributed by atoms with Crippen molar-refractivity contribution in [3.63, 3.8) is 0 Å². The molecule has 2 aromatic heterocycles. The van der Waals surface area contributed by atoms with E-state index >= 15 is 0 Å². The number of nitrogens with zero attached hydrogens (tertiary/aromatic N) is 3. The van der Waals surface area contributed by atoms with Gasteiger partial charge in [0.1, 0.15) is 17.5 Å².